The van der Waals surface area contributed by atoms with Crippen LogP contribution in [0.5, 0.6) is 0 Å². The molecule has 0 atom stereocenters. The van der Waals surface area contributed by atoms with Gasteiger partial charge in [0, 0.05) is 5.56 Å². The highest BCUT2D eigenvalue weighted by molar-refractivity contribution is 8.02. The van der Waals surface area contributed by atoms with Gasteiger partial charge in [0.1, 0.15) is 5.03 Å². The minimum atomic E-state index is -0.600. The summed E-state index contributed by atoms with van der Waals surface area (Å²) in [6, 6.07) is 8.52. The first-order valence-electron chi connectivity index (χ1n) is 4.39. The first kappa shape index (κ1) is 12.3. The molecule has 0 radical (unpaired) electrons. The molecule has 0 heterocycles. The number of nitrogens with one attached hydrogen (secondary N) is 1. The average Bonchev–Trinajstić information content (AvgIpc) is 2.28. The van der Waals surface area contributed by atoms with E-state index in [4.69, 9.17) is 0 Å². The fraction of sp³-hybridized carbons (Fsp3) is 0.100. The highest BCUT2D eigenvalue weighted by atomic mass is 32.2. The predicted octanol–water partition coefficient (Wildman–Crippen LogP) is 1.85. The van der Waals surface area contributed by atoms with Crippen molar-refractivity contribution in [2.24, 2.45) is 0 Å². The summed E-state index contributed by atoms with van der Waals surface area (Å²) < 4.78 is 0. The van der Waals surface area contributed by atoms with Crippen molar-refractivity contribution in [2.75, 3.05) is 6.26 Å². The Labute approximate surface area is 96.7 Å². The van der Waals surface area contributed by atoms with Crippen molar-refractivity contribution in [3.63, 3.8) is 0 Å². The van der Waals surface area contributed by atoms with Gasteiger partial charge in [-0.2, -0.15) is 0 Å². The van der Waals surface area contributed by atoms with Crippen molar-refractivity contribution in [3.8, 4) is 0 Å². The van der Waals surface area contributed by atoms with Gasteiger partial charge in [-0.25, -0.2) is 0 Å². The lowest BCUT2D eigenvalue weighted by Crippen LogP contribution is -2.21. The summed E-state index contributed by atoms with van der Waals surface area (Å²) in [5.41, 5.74) is 0.464. The fourth-order valence-corrected chi connectivity index (χ4v) is 1.39. The summed E-state index contributed by atoms with van der Waals surface area (Å²) >= 11 is 1.11. The number of rotatable bonds is 4. The standard InChI is InChI=1S/C10H10N2O3S/c1-16-9(7-12(14)15)11-10(13)8-5-3-2-4-6-8/h2-7H,1H3,(H,11,13)/b9-7+. The largest absolute Gasteiger partial charge is 0.311 e. The molecule has 0 bridgehead atoms. The van der Waals surface area contributed by atoms with E-state index in [-0.39, 0.29) is 10.9 Å². The normalized spacial score (nSPS) is 10.9. The Morgan fingerprint density at radius 1 is 1.44 bits per heavy atom. The van der Waals surface area contributed by atoms with Gasteiger partial charge < -0.3 is 5.32 Å². The molecular formula is C10H10N2O3S. The first-order chi connectivity index (χ1) is 7.63. The second-order valence-electron chi connectivity index (χ2n) is 2.80. The summed E-state index contributed by atoms with van der Waals surface area (Å²) in [4.78, 5) is 21.3. The number of nitro groups is 1. The van der Waals surface area contributed by atoms with Gasteiger partial charge in [0.15, 0.2) is 0 Å². The zero-order valence-corrected chi connectivity index (χ0v) is 9.36. The molecule has 1 amide bonds. The summed E-state index contributed by atoms with van der Waals surface area (Å²) in [7, 11) is 0. The Kier molecular flexibility index (Phi) is 4.53. The minimum Gasteiger partial charge on any atom is -0.311 e. The van der Waals surface area contributed by atoms with E-state index in [1.165, 1.54) is 0 Å². The molecule has 1 aromatic carbocycles. The molecule has 16 heavy (non-hydrogen) atoms. The van der Waals surface area contributed by atoms with Gasteiger partial charge >= 0.3 is 0 Å². The van der Waals surface area contributed by atoms with Crippen LogP contribution in [0.3, 0.4) is 0 Å². The number of hydrogen-bond acceptors (Lipinski definition) is 4. The molecule has 0 fully saturated rings. The molecular weight excluding hydrogens is 228 g/mol. The van der Waals surface area contributed by atoms with Gasteiger partial charge in [-0.3, -0.25) is 14.9 Å². The maximum absolute atomic E-state index is 11.6. The lowest BCUT2D eigenvalue weighted by atomic mass is 10.2. The Hall–Kier alpha value is -1.82. The van der Waals surface area contributed by atoms with Crippen LogP contribution in [0, 0.1) is 10.1 Å². The smallest absolute Gasteiger partial charge is 0.264 e. The van der Waals surface area contributed by atoms with Gasteiger partial charge in [-0.15, -0.1) is 11.8 Å². The molecule has 0 unspecified atom stereocenters. The van der Waals surface area contributed by atoms with Crippen LogP contribution < -0.4 is 5.32 Å². The molecule has 0 aliphatic heterocycles. The van der Waals surface area contributed by atoms with Gasteiger partial charge in [-0.05, 0) is 18.4 Å². The second kappa shape index (κ2) is 5.92. The minimum absolute atomic E-state index is 0.207. The molecule has 1 N–H and O–H groups in total. The Morgan fingerprint density at radius 3 is 2.56 bits per heavy atom. The lowest BCUT2D eigenvalue weighted by molar-refractivity contribution is -0.403. The molecule has 0 saturated heterocycles. The van der Waals surface area contributed by atoms with Crippen molar-refractivity contribution in [3.05, 3.63) is 57.2 Å². The monoisotopic (exact) mass is 238 g/mol. The van der Waals surface area contributed by atoms with Crippen LogP contribution in [0.15, 0.2) is 41.6 Å². The van der Waals surface area contributed by atoms with Crippen LogP contribution in [0.25, 0.3) is 0 Å². The number of nitrogens with zero attached hydrogens (tertiary/aromatic N) is 1. The van der Waals surface area contributed by atoms with Crippen molar-refractivity contribution >= 4 is 17.7 Å². The summed E-state index contributed by atoms with van der Waals surface area (Å²) in [5.74, 6) is -0.358. The van der Waals surface area contributed by atoms with E-state index in [0.29, 0.717) is 5.56 Å². The van der Waals surface area contributed by atoms with E-state index >= 15 is 0 Å². The molecule has 1 rings (SSSR count). The molecule has 84 valence electrons. The predicted molar refractivity (Wildman–Crippen MR) is 62.5 cm³/mol. The van der Waals surface area contributed by atoms with Crippen molar-refractivity contribution in [1.29, 1.82) is 0 Å². The van der Waals surface area contributed by atoms with Crippen LogP contribution >= 0.6 is 11.8 Å². The maximum Gasteiger partial charge on any atom is 0.264 e. The summed E-state index contributed by atoms with van der Waals surface area (Å²) in [6.45, 7) is 0. The topological polar surface area (TPSA) is 72.2 Å². The highest BCUT2D eigenvalue weighted by Gasteiger charge is 2.08. The van der Waals surface area contributed by atoms with Crippen molar-refractivity contribution in [2.45, 2.75) is 0 Å². The van der Waals surface area contributed by atoms with Crippen molar-refractivity contribution < 1.29 is 9.72 Å². The maximum atomic E-state index is 11.6. The molecule has 0 aliphatic carbocycles. The van der Waals surface area contributed by atoms with Crippen LogP contribution in [-0.2, 0) is 0 Å². The summed E-state index contributed by atoms with van der Waals surface area (Å²) in [6.07, 6.45) is 2.42. The third-order valence-corrected chi connectivity index (χ3v) is 2.36. The third-order valence-electron chi connectivity index (χ3n) is 1.72. The van der Waals surface area contributed by atoms with Gasteiger partial charge in [0.05, 0.1) is 4.92 Å². The fourth-order valence-electron chi connectivity index (χ4n) is 1.01. The number of carbonyl (C=O) groups is 1. The van der Waals surface area contributed by atoms with Crippen LogP contribution in [0.2, 0.25) is 0 Å². The van der Waals surface area contributed by atoms with E-state index in [1.807, 2.05) is 0 Å². The highest BCUT2D eigenvalue weighted by Crippen LogP contribution is 2.09. The van der Waals surface area contributed by atoms with E-state index in [2.05, 4.69) is 5.32 Å². The Bertz CT molecular complexity index is 417. The first-order valence-corrected chi connectivity index (χ1v) is 5.61. The quantitative estimate of drug-likeness (QED) is 0.642. The molecule has 0 saturated carbocycles. The third kappa shape index (κ3) is 3.74. The molecule has 1 aromatic rings. The molecule has 5 nitrogen and oxygen atoms in total. The zero-order valence-electron chi connectivity index (χ0n) is 8.54. The molecule has 0 spiro atoms. The zero-order chi connectivity index (χ0) is 12.0. The number of hydrogen-bond donors (Lipinski definition) is 1. The Balaban J connectivity index is 2.74. The second-order valence-corrected chi connectivity index (χ2v) is 3.65. The van der Waals surface area contributed by atoms with Gasteiger partial charge in [0.25, 0.3) is 12.1 Å². The number of carbonyl (C=O) groups excluding carboxylic acids is 1. The molecule has 6 heteroatoms. The van der Waals surface area contributed by atoms with Crippen LogP contribution in [0.1, 0.15) is 10.4 Å². The van der Waals surface area contributed by atoms with E-state index in [0.717, 1.165) is 18.0 Å². The van der Waals surface area contributed by atoms with Gasteiger partial charge in [-0.1, -0.05) is 18.2 Å². The van der Waals surface area contributed by atoms with E-state index in [1.54, 1.807) is 36.6 Å². The number of benzene rings is 1. The summed E-state index contributed by atoms with van der Waals surface area (Å²) in [5, 5.41) is 12.9. The SMILES string of the molecule is CS/C(=C/[N+](=O)[O-])NC(=O)c1ccccc1. The average molecular weight is 238 g/mol. The molecule has 0 aromatic heterocycles. The van der Waals surface area contributed by atoms with Crippen LogP contribution in [-0.4, -0.2) is 17.1 Å². The Morgan fingerprint density at radius 2 is 2.06 bits per heavy atom. The molecule has 0 aliphatic rings. The van der Waals surface area contributed by atoms with Gasteiger partial charge in [0.2, 0.25) is 0 Å². The number of amides is 1. The van der Waals surface area contributed by atoms with E-state index in [9.17, 15) is 14.9 Å². The number of thioether (sulfide) groups is 1. The van der Waals surface area contributed by atoms with E-state index < -0.39 is 4.92 Å². The van der Waals surface area contributed by atoms with Crippen LogP contribution in [0.4, 0.5) is 0 Å². The van der Waals surface area contributed by atoms with Crippen molar-refractivity contribution in [1.82, 2.24) is 5.32 Å². The lowest BCUT2D eigenvalue weighted by Gasteiger charge is -2.04.